The molecule has 0 saturated heterocycles. The Labute approximate surface area is 77.9 Å². The van der Waals surface area contributed by atoms with E-state index in [0.29, 0.717) is 6.10 Å². The van der Waals surface area contributed by atoms with E-state index in [4.69, 9.17) is 10.5 Å². The maximum atomic E-state index is 5.73. The number of nitrogens with one attached hydrogen (secondary N) is 1. The van der Waals surface area contributed by atoms with Gasteiger partial charge in [0.25, 0.3) is 0 Å². The van der Waals surface area contributed by atoms with Crippen molar-refractivity contribution in [2.75, 3.05) is 18.1 Å². The van der Waals surface area contributed by atoms with Gasteiger partial charge in [-0.25, -0.2) is 0 Å². The number of anilines is 2. The van der Waals surface area contributed by atoms with Gasteiger partial charge in [0.05, 0.1) is 17.5 Å². The molecule has 0 atom stereocenters. The zero-order valence-electron chi connectivity index (χ0n) is 7.71. The molecule has 3 nitrogen and oxygen atoms in total. The molecule has 0 amide bonds. The molecule has 1 aromatic carbocycles. The van der Waals surface area contributed by atoms with E-state index >= 15 is 0 Å². The molecule has 2 rings (SSSR count). The topological polar surface area (TPSA) is 47.3 Å². The number of ether oxygens (including phenoxy) is 1. The Morgan fingerprint density at radius 2 is 2.23 bits per heavy atom. The molecular formula is C10H14N2O. The average Bonchev–Trinajstić information content (AvgIpc) is 2.92. The molecule has 70 valence electrons. The predicted molar refractivity (Wildman–Crippen MR) is 54.1 cm³/mol. The summed E-state index contributed by atoms with van der Waals surface area (Å²) in [5.41, 5.74) is 7.41. The second-order valence-electron chi connectivity index (χ2n) is 3.32. The van der Waals surface area contributed by atoms with Gasteiger partial charge in [0, 0.05) is 13.1 Å². The number of benzene rings is 1. The first-order valence-electron chi connectivity index (χ1n) is 4.53. The van der Waals surface area contributed by atoms with Gasteiger partial charge in [-0.1, -0.05) is 0 Å². The summed E-state index contributed by atoms with van der Waals surface area (Å²) in [5, 5.41) is 3.02. The van der Waals surface area contributed by atoms with Crippen LogP contribution in [0.4, 0.5) is 11.4 Å². The third kappa shape index (κ3) is 1.86. The Balaban J connectivity index is 2.16. The summed E-state index contributed by atoms with van der Waals surface area (Å²) in [6.07, 6.45) is 2.80. The molecule has 0 bridgehead atoms. The first-order valence-corrected chi connectivity index (χ1v) is 4.53. The van der Waals surface area contributed by atoms with Gasteiger partial charge in [0.2, 0.25) is 0 Å². The SMILES string of the molecule is CNc1cc(OC2CC2)ccc1N. The van der Waals surface area contributed by atoms with Crippen LogP contribution in [0.5, 0.6) is 5.75 Å². The lowest BCUT2D eigenvalue weighted by Crippen LogP contribution is -1.99. The van der Waals surface area contributed by atoms with E-state index in [1.165, 1.54) is 12.8 Å². The Bertz CT molecular complexity index is 308. The fourth-order valence-corrected chi connectivity index (χ4v) is 1.20. The zero-order chi connectivity index (χ0) is 9.26. The minimum atomic E-state index is 0.438. The Morgan fingerprint density at radius 3 is 2.85 bits per heavy atom. The molecule has 0 spiro atoms. The van der Waals surface area contributed by atoms with Crippen molar-refractivity contribution in [2.24, 2.45) is 0 Å². The van der Waals surface area contributed by atoms with Gasteiger partial charge in [0.15, 0.2) is 0 Å². The van der Waals surface area contributed by atoms with Crippen LogP contribution in [0.3, 0.4) is 0 Å². The Morgan fingerprint density at radius 1 is 1.46 bits per heavy atom. The Hall–Kier alpha value is -1.38. The second kappa shape index (κ2) is 3.17. The van der Waals surface area contributed by atoms with Gasteiger partial charge in [0.1, 0.15) is 5.75 Å². The molecule has 3 heteroatoms. The van der Waals surface area contributed by atoms with E-state index in [1.807, 2.05) is 25.2 Å². The smallest absolute Gasteiger partial charge is 0.121 e. The quantitative estimate of drug-likeness (QED) is 0.694. The number of rotatable bonds is 3. The maximum Gasteiger partial charge on any atom is 0.121 e. The molecule has 1 saturated carbocycles. The lowest BCUT2D eigenvalue weighted by molar-refractivity contribution is 0.303. The normalized spacial score (nSPS) is 15.5. The van der Waals surface area contributed by atoms with Crippen molar-refractivity contribution in [1.29, 1.82) is 0 Å². The monoisotopic (exact) mass is 178 g/mol. The zero-order valence-corrected chi connectivity index (χ0v) is 7.71. The molecule has 1 fully saturated rings. The van der Waals surface area contributed by atoms with Gasteiger partial charge < -0.3 is 15.8 Å². The molecule has 0 aromatic heterocycles. The lowest BCUT2D eigenvalue weighted by atomic mass is 10.2. The largest absolute Gasteiger partial charge is 0.490 e. The van der Waals surface area contributed by atoms with Crippen LogP contribution in [0.15, 0.2) is 18.2 Å². The van der Waals surface area contributed by atoms with Crippen molar-refractivity contribution < 1.29 is 4.74 Å². The molecule has 3 N–H and O–H groups in total. The van der Waals surface area contributed by atoms with Crippen molar-refractivity contribution in [3.63, 3.8) is 0 Å². The van der Waals surface area contributed by atoms with E-state index in [1.54, 1.807) is 0 Å². The number of hydrogen-bond donors (Lipinski definition) is 2. The van der Waals surface area contributed by atoms with E-state index in [-0.39, 0.29) is 0 Å². The van der Waals surface area contributed by atoms with E-state index in [2.05, 4.69) is 5.32 Å². The number of nitrogen functional groups attached to an aromatic ring is 1. The first kappa shape index (κ1) is 8.23. The third-order valence-corrected chi connectivity index (χ3v) is 2.12. The molecule has 0 heterocycles. The molecule has 1 aliphatic rings. The van der Waals surface area contributed by atoms with Crippen LogP contribution in [0.1, 0.15) is 12.8 Å². The lowest BCUT2D eigenvalue weighted by Gasteiger charge is -2.08. The van der Waals surface area contributed by atoms with Crippen LogP contribution < -0.4 is 15.8 Å². The summed E-state index contributed by atoms with van der Waals surface area (Å²) in [6.45, 7) is 0. The fourth-order valence-electron chi connectivity index (χ4n) is 1.20. The van der Waals surface area contributed by atoms with Crippen molar-refractivity contribution in [1.82, 2.24) is 0 Å². The van der Waals surface area contributed by atoms with Gasteiger partial charge in [-0.3, -0.25) is 0 Å². The highest BCUT2D eigenvalue weighted by Gasteiger charge is 2.23. The first-order chi connectivity index (χ1) is 6.29. The highest BCUT2D eigenvalue weighted by atomic mass is 16.5. The molecule has 13 heavy (non-hydrogen) atoms. The van der Waals surface area contributed by atoms with Crippen LogP contribution in [-0.2, 0) is 0 Å². The molecule has 1 aromatic rings. The van der Waals surface area contributed by atoms with Crippen LogP contribution in [0, 0.1) is 0 Å². The van der Waals surface area contributed by atoms with Crippen molar-refractivity contribution in [3.8, 4) is 5.75 Å². The van der Waals surface area contributed by atoms with Gasteiger partial charge in [-0.05, 0) is 25.0 Å². The van der Waals surface area contributed by atoms with Crippen LogP contribution in [0.25, 0.3) is 0 Å². The second-order valence-corrected chi connectivity index (χ2v) is 3.32. The summed E-state index contributed by atoms with van der Waals surface area (Å²) >= 11 is 0. The van der Waals surface area contributed by atoms with E-state index in [9.17, 15) is 0 Å². The summed E-state index contributed by atoms with van der Waals surface area (Å²) in [4.78, 5) is 0. The highest BCUT2D eigenvalue weighted by molar-refractivity contribution is 5.67. The Kier molecular flexibility index (Phi) is 2.00. The van der Waals surface area contributed by atoms with Gasteiger partial charge in [-0.15, -0.1) is 0 Å². The molecular weight excluding hydrogens is 164 g/mol. The van der Waals surface area contributed by atoms with Crippen LogP contribution in [-0.4, -0.2) is 13.2 Å². The summed E-state index contributed by atoms with van der Waals surface area (Å²) < 4.78 is 5.63. The minimum absolute atomic E-state index is 0.438. The number of hydrogen-bond acceptors (Lipinski definition) is 3. The van der Waals surface area contributed by atoms with Gasteiger partial charge in [-0.2, -0.15) is 0 Å². The summed E-state index contributed by atoms with van der Waals surface area (Å²) in [7, 11) is 1.85. The van der Waals surface area contributed by atoms with E-state index in [0.717, 1.165) is 17.1 Å². The highest BCUT2D eigenvalue weighted by Crippen LogP contribution is 2.30. The van der Waals surface area contributed by atoms with Crippen molar-refractivity contribution in [2.45, 2.75) is 18.9 Å². The molecule has 0 aliphatic heterocycles. The van der Waals surface area contributed by atoms with Crippen molar-refractivity contribution in [3.05, 3.63) is 18.2 Å². The van der Waals surface area contributed by atoms with Crippen molar-refractivity contribution >= 4 is 11.4 Å². The predicted octanol–water partition coefficient (Wildman–Crippen LogP) is 1.85. The summed E-state index contributed by atoms with van der Waals surface area (Å²) in [5.74, 6) is 0.904. The maximum absolute atomic E-state index is 5.73. The van der Waals surface area contributed by atoms with Crippen LogP contribution in [0.2, 0.25) is 0 Å². The van der Waals surface area contributed by atoms with E-state index < -0.39 is 0 Å². The average molecular weight is 178 g/mol. The third-order valence-electron chi connectivity index (χ3n) is 2.12. The molecule has 1 aliphatic carbocycles. The number of nitrogens with two attached hydrogens (primary N) is 1. The van der Waals surface area contributed by atoms with Gasteiger partial charge >= 0.3 is 0 Å². The fraction of sp³-hybridized carbons (Fsp3) is 0.400. The minimum Gasteiger partial charge on any atom is -0.490 e. The molecule has 0 unspecified atom stereocenters. The standard InChI is InChI=1S/C10H14N2O/c1-12-10-6-8(4-5-9(10)11)13-7-2-3-7/h4-7,12H,2-3,11H2,1H3. The van der Waals surface area contributed by atoms with Crippen LogP contribution >= 0.6 is 0 Å². The summed E-state index contributed by atoms with van der Waals surface area (Å²) in [6, 6.07) is 5.71. The molecule has 0 radical (unpaired) electrons.